The van der Waals surface area contributed by atoms with E-state index in [4.69, 9.17) is 26.2 Å². The maximum atomic E-state index is 9.05. The summed E-state index contributed by atoms with van der Waals surface area (Å²) in [4.78, 5) is 7.75. The first-order valence-electron chi connectivity index (χ1n) is 5.16. The summed E-state index contributed by atoms with van der Waals surface area (Å²) in [5, 5.41) is 9.23. The molecule has 6 heteroatoms. The minimum absolute atomic E-state index is 0.0567. The van der Waals surface area contributed by atoms with Gasteiger partial charge in [-0.25, -0.2) is 4.98 Å². The van der Waals surface area contributed by atoms with E-state index in [1.165, 1.54) is 13.4 Å². The number of aliphatic hydroxyl groups is 1. The van der Waals surface area contributed by atoms with Gasteiger partial charge >= 0.3 is 0 Å². The Hall–Kier alpha value is -1.85. The lowest BCUT2D eigenvalue weighted by Crippen LogP contribution is -1.96. The van der Waals surface area contributed by atoms with E-state index in [-0.39, 0.29) is 23.4 Å². The number of aliphatic hydroxyl groups excluding tert-OH is 1. The van der Waals surface area contributed by atoms with Crippen molar-refractivity contribution in [2.24, 2.45) is 0 Å². The molecule has 1 aromatic heterocycles. The van der Waals surface area contributed by atoms with Crippen LogP contribution in [0.2, 0.25) is 5.15 Å². The largest absolute Gasteiger partial charge is 0.489 e. The van der Waals surface area contributed by atoms with Crippen LogP contribution < -0.4 is 9.47 Å². The highest BCUT2D eigenvalue weighted by Crippen LogP contribution is 2.33. The van der Waals surface area contributed by atoms with Crippen LogP contribution in [0.1, 0.15) is 5.56 Å². The maximum absolute atomic E-state index is 9.05. The Morgan fingerprint density at radius 3 is 2.89 bits per heavy atom. The fourth-order valence-corrected chi connectivity index (χ4v) is 1.60. The van der Waals surface area contributed by atoms with Gasteiger partial charge in [0.25, 0.3) is 5.88 Å². The summed E-state index contributed by atoms with van der Waals surface area (Å²) >= 11 is 5.86. The second-order valence-corrected chi connectivity index (χ2v) is 3.77. The van der Waals surface area contributed by atoms with Gasteiger partial charge < -0.3 is 14.6 Å². The topological polar surface area (TPSA) is 64.5 Å². The molecule has 0 bridgehead atoms. The van der Waals surface area contributed by atoms with Crippen LogP contribution in [0.25, 0.3) is 0 Å². The van der Waals surface area contributed by atoms with Crippen LogP contribution in [0.4, 0.5) is 0 Å². The minimum atomic E-state index is -0.0567. The standard InChI is InChI=1S/C12H11ClN2O3/c1-17-10-11(13)14-7-15-12(10)18-9-4-2-3-8(5-9)6-16/h2-5,7,16H,6H2,1H3. The number of benzene rings is 1. The lowest BCUT2D eigenvalue weighted by Gasteiger charge is -2.09. The fraction of sp³-hybridized carbons (Fsp3) is 0.167. The normalized spacial score (nSPS) is 10.2. The Morgan fingerprint density at radius 2 is 2.17 bits per heavy atom. The molecule has 2 aromatic rings. The van der Waals surface area contributed by atoms with E-state index in [0.29, 0.717) is 5.75 Å². The Kier molecular flexibility index (Phi) is 3.96. The van der Waals surface area contributed by atoms with E-state index >= 15 is 0 Å². The zero-order valence-electron chi connectivity index (χ0n) is 9.63. The number of rotatable bonds is 4. The summed E-state index contributed by atoms with van der Waals surface area (Å²) in [7, 11) is 1.46. The Labute approximate surface area is 109 Å². The zero-order chi connectivity index (χ0) is 13.0. The number of hydrogen-bond donors (Lipinski definition) is 1. The van der Waals surface area contributed by atoms with Crippen LogP contribution in [-0.2, 0) is 6.61 Å². The molecule has 0 saturated carbocycles. The molecular weight excluding hydrogens is 256 g/mol. The van der Waals surface area contributed by atoms with E-state index in [9.17, 15) is 0 Å². The van der Waals surface area contributed by atoms with E-state index in [1.54, 1.807) is 24.3 Å². The third-order valence-electron chi connectivity index (χ3n) is 2.23. The van der Waals surface area contributed by atoms with Crippen molar-refractivity contribution >= 4 is 11.6 Å². The van der Waals surface area contributed by atoms with Gasteiger partial charge in [-0.1, -0.05) is 23.7 Å². The molecule has 18 heavy (non-hydrogen) atoms. The van der Waals surface area contributed by atoms with Gasteiger partial charge in [-0.15, -0.1) is 0 Å². The first-order chi connectivity index (χ1) is 8.74. The highest BCUT2D eigenvalue weighted by molar-refractivity contribution is 6.31. The van der Waals surface area contributed by atoms with Crippen LogP contribution in [0, 0.1) is 0 Å². The molecule has 2 rings (SSSR count). The van der Waals surface area contributed by atoms with Gasteiger partial charge in [0.05, 0.1) is 13.7 Å². The zero-order valence-corrected chi connectivity index (χ0v) is 10.4. The van der Waals surface area contributed by atoms with E-state index in [1.807, 2.05) is 0 Å². The van der Waals surface area contributed by atoms with Gasteiger partial charge in [0.15, 0.2) is 5.15 Å². The van der Waals surface area contributed by atoms with Crippen molar-refractivity contribution in [1.82, 2.24) is 9.97 Å². The first kappa shape index (κ1) is 12.6. The summed E-state index contributed by atoms with van der Waals surface area (Å²) in [6.45, 7) is -0.0567. The maximum Gasteiger partial charge on any atom is 0.267 e. The number of ether oxygens (including phenoxy) is 2. The van der Waals surface area contributed by atoms with Gasteiger partial charge in [0.2, 0.25) is 5.75 Å². The molecule has 0 amide bonds. The molecule has 0 aliphatic carbocycles. The van der Waals surface area contributed by atoms with Crippen molar-refractivity contribution in [2.75, 3.05) is 7.11 Å². The number of aromatic nitrogens is 2. The molecule has 1 heterocycles. The summed E-state index contributed by atoms with van der Waals surface area (Å²) in [5.74, 6) is 1.04. The molecule has 1 aromatic carbocycles. The van der Waals surface area contributed by atoms with Crippen molar-refractivity contribution in [1.29, 1.82) is 0 Å². The van der Waals surface area contributed by atoms with Gasteiger partial charge in [-0.2, -0.15) is 4.98 Å². The lowest BCUT2D eigenvalue weighted by atomic mass is 10.2. The minimum Gasteiger partial charge on any atom is -0.489 e. The van der Waals surface area contributed by atoms with Gasteiger partial charge in [0, 0.05) is 0 Å². The Bertz CT molecular complexity index is 549. The predicted molar refractivity (Wildman–Crippen MR) is 66.0 cm³/mol. The third-order valence-corrected chi connectivity index (χ3v) is 2.50. The third kappa shape index (κ3) is 2.69. The summed E-state index contributed by atoms with van der Waals surface area (Å²) < 4.78 is 10.6. The molecular formula is C12H11ClN2O3. The van der Waals surface area contributed by atoms with E-state index in [2.05, 4.69) is 9.97 Å². The fourth-order valence-electron chi connectivity index (χ4n) is 1.40. The van der Waals surface area contributed by atoms with Gasteiger partial charge in [-0.05, 0) is 17.7 Å². The number of hydrogen-bond acceptors (Lipinski definition) is 5. The van der Waals surface area contributed by atoms with Gasteiger partial charge in [0.1, 0.15) is 12.1 Å². The molecule has 0 saturated heterocycles. The Balaban J connectivity index is 2.30. The molecule has 0 spiro atoms. The SMILES string of the molecule is COc1c(Cl)ncnc1Oc1cccc(CO)c1. The smallest absolute Gasteiger partial charge is 0.267 e. The van der Waals surface area contributed by atoms with Crippen molar-refractivity contribution in [2.45, 2.75) is 6.61 Å². The molecule has 0 atom stereocenters. The quantitative estimate of drug-likeness (QED) is 0.861. The molecule has 94 valence electrons. The number of methoxy groups -OCH3 is 1. The monoisotopic (exact) mass is 266 g/mol. The van der Waals surface area contributed by atoms with Crippen LogP contribution in [0.5, 0.6) is 17.4 Å². The van der Waals surface area contributed by atoms with Crippen molar-refractivity contribution in [3.05, 3.63) is 41.3 Å². The first-order valence-corrected chi connectivity index (χ1v) is 5.54. The van der Waals surface area contributed by atoms with Crippen LogP contribution in [-0.4, -0.2) is 22.2 Å². The predicted octanol–water partition coefficient (Wildman–Crippen LogP) is 2.42. The second-order valence-electron chi connectivity index (χ2n) is 3.41. The molecule has 1 N–H and O–H groups in total. The molecule has 0 aliphatic heterocycles. The van der Waals surface area contributed by atoms with Gasteiger partial charge in [-0.3, -0.25) is 0 Å². The van der Waals surface area contributed by atoms with E-state index < -0.39 is 0 Å². The van der Waals surface area contributed by atoms with Crippen molar-refractivity contribution in [3.8, 4) is 17.4 Å². The molecule has 0 unspecified atom stereocenters. The molecule has 0 radical (unpaired) electrons. The summed E-state index contributed by atoms with van der Waals surface area (Å²) in [6, 6.07) is 7.01. The summed E-state index contributed by atoms with van der Waals surface area (Å²) in [6.07, 6.45) is 1.29. The Morgan fingerprint density at radius 1 is 1.33 bits per heavy atom. The molecule has 0 aliphatic rings. The lowest BCUT2D eigenvalue weighted by molar-refractivity contribution is 0.281. The van der Waals surface area contributed by atoms with Crippen LogP contribution >= 0.6 is 11.6 Å². The highest BCUT2D eigenvalue weighted by Gasteiger charge is 2.12. The average Bonchev–Trinajstić information content (AvgIpc) is 2.39. The molecule has 0 fully saturated rings. The van der Waals surface area contributed by atoms with E-state index in [0.717, 1.165) is 5.56 Å². The van der Waals surface area contributed by atoms with Crippen molar-refractivity contribution in [3.63, 3.8) is 0 Å². The van der Waals surface area contributed by atoms with Crippen LogP contribution in [0.3, 0.4) is 0 Å². The number of halogens is 1. The number of nitrogens with zero attached hydrogens (tertiary/aromatic N) is 2. The average molecular weight is 267 g/mol. The highest BCUT2D eigenvalue weighted by atomic mass is 35.5. The molecule has 5 nitrogen and oxygen atoms in total. The summed E-state index contributed by atoms with van der Waals surface area (Å²) in [5.41, 5.74) is 0.742. The second kappa shape index (κ2) is 5.66. The van der Waals surface area contributed by atoms with Crippen LogP contribution in [0.15, 0.2) is 30.6 Å². The van der Waals surface area contributed by atoms with Crippen molar-refractivity contribution < 1.29 is 14.6 Å².